The third kappa shape index (κ3) is 1.13. The Balaban J connectivity index is 2.33. The van der Waals surface area contributed by atoms with Gasteiger partial charge < -0.3 is 0 Å². The summed E-state index contributed by atoms with van der Waals surface area (Å²) in [6.45, 7) is 0. The van der Waals surface area contributed by atoms with Crippen molar-refractivity contribution >= 4 is 17.1 Å². The lowest BCUT2D eigenvalue weighted by Crippen LogP contribution is -2.23. The van der Waals surface area contributed by atoms with Crippen LogP contribution in [0.15, 0.2) is 42.0 Å². The van der Waals surface area contributed by atoms with Gasteiger partial charge in [-0.05, 0) is 24.0 Å². The number of rotatable bonds is 0. The highest BCUT2D eigenvalue weighted by atomic mass is 16.2. The molecule has 2 aliphatic rings. The van der Waals surface area contributed by atoms with Crippen LogP contribution in [-0.2, 0) is 4.79 Å². The summed E-state index contributed by atoms with van der Waals surface area (Å²) >= 11 is 0. The third-order valence-electron chi connectivity index (χ3n) is 3.12. The number of carbonyl (C=O) groups is 2. The second-order valence-electron chi connectivity index (χ2n) is 4.04. The number of hydrogen-bond donors (Lipinski definition) is 0. The molecule has 0 fully saturated rings. The second kappa shape index (κ2) is 3.27. The number of ketones is 2. The van der Waals surface area contributed by atoms with Gasteiger partial charge in [-0.25, -0.2) is 0 Å². The van der Waals surface area contributed by atoms with Crippen LogP contribution in [0.1, 0.15) is 28.8 Å². The highest BCUT2D eigenvalue weighted by Gasteiger charge is 2.31. The molecule has 1 aromatic carbocycles. The van der Waals surface area contributed by atoms with Crippen molar-refractivity contribution in [3.05, 3.63) is 53.1 Å². The summed E-state index contributed by atoms with van der Waals surface area (Å²) in [6.07, 6.45) is 5.53. The minimum atomic E-state index is -0.374. The van der Waals surface area contributed by atoms with Gasteiger partial charge in [0.15, 0.2) is 0 Å². The van der Waals surface area contributed by atoms with Gasteiger partial charge in [-0.15, -0.1) is 0 Å². The molecule has 0 radical (unpaired) electrons. The van der Waals surface area contributed by atoms with Crippen LogP contribution < -0.4 is 0 Å². The standard InChI is InChI=1S/C14H10O2/c15-13-11-7-3-1-5-9(11)10-6-2-4-8-12(10)14(13)16/h1,3-5,7-8H,2,6H2. The Kier molecular flexibility index (Phi) is 1.90. The fourth-order valence-electron chi connectivity index (χ4n) is 2.35. The predicted molar refractivity (Wildman–Crippen MR) is 61.1 cm³/mol. The lowest BCUT2D eigenvalue weighted by molar-refractivity contribution is -0.111. The fraction of sp³-hybridized carbons (Fsp3) is 0.143. The lowest BCUT2D eigenvalue weighted by Gasteiger charge is -2.21. The van der Waals surface area contributed by atoms with Gasteiger partial charge in [-0.3, -0.25) is 9.59 Å². The maximum Gasteiger partial charge on any atom is 0.234 e. The second-order valence-corrected chi connectivity index (χ2v) is 4.04. The first-order chi connectivity index (χ1) is 7.79. The van der Waals surface area contributed by atoms with Gasteiger partial charge in [0, 0.05) is 11.1 Å². The highest BCUT2D eigenvalue weighted by Crippen LogP contribution is 2.35. The van der Waals surface area contributed by atoms with E-state index >= 15 is 0 Å². The lowest BCUT2D eigenvalue weighted by atomic mass is 9.80. The summed E-state index contributed by atoms with van der Waals surface area (Å²) in [4.78, 5) is 23.7. The zero-order chi connectivity index (χ0) is 11.1. The van der Waals surface area contributed by atoms with Gasteiger partial charge in [-0.1, -0.05) is 36.4 Å². The smallest absolute Gasteiger partial charge is 0.234 e. The van der Waals surface area contributed by atoms with Crippen molar-refractivity contribution in [3.63, 3.8) is 0 Å². The monoisotopic (exact) mass is 210 g/mol. The Labute approximate surface area is 93.3 Å². The molecule has 0 N–H and O–H groups in total. The minimum absolute atomic E-state index is 0.357. The van der Waals surface area contributed by atoms with E-state index in [1.54, 1.807) is 18.2 Å². The van der Waals surface area contributed by atoms with Crippen LogP contribution in [0.4, 0.5) is 0 Å². The van der Waals surface area contributed by atoms with E-state index in [1.807, 2.05) is 18.2 Å². The molecule has 0 heterocycles. The Morgan fingerprint density at radius 1 is 0.938 bits per heavy atom. The number of fused-ring (bicyclic) bond motifs is 2. The fourth-order valence-corrected chi connectivity index (χ4v) is 2.35. The van der Waals surface area contributed by atoms with Crippen LogP contribution in [0.25, 0.3) is 5.57 Å². The van der Waals surface area contributed by atoms with Gasteiger partial charge in [0.25, 0.3) is 0 Å². The van der Waals surface area contributed by atoms with Gasteiger partial charge in [0.1, 0.15) is 0 Å². The average Bonchev–Trinajstić information content (AvgIpc) is 2.36. The Bertz CT molecular complexity index is 562. The van der Waals surface area contributed by atoms with Crippen molar-refractivity contribution in [3.8, 4) is 0 Å². The van der Waals surface area contributed by atoms with Crippen molar-refractivity contribution < 1.29 is 9.59 Å². The molecule has 16 heavy (non-hydrogen) atoms. The zero-order valence-electron chi connectivity index (χ0n) is 8.69. The molecule has 2 nitrogen and oxygen atoms in total. The van der Waals surface area contributed by atoms with E-state index in [1.165, 1.54) is 0 Å². The van der Waals surface area contributed by atoms with Gasteiger partial charge in [-0.2, -0.15) is 0 Å². The molecule has 0 bridgehead atoms. The Morgan fingerprint density at radius 2 is 1.69 bits per heavy atom. The van der Waals surface area contributed by atoms with Crippen molar-refractivity contribution in [1.29, 1.82) is 0 Å². The molecule has 0 spiro atoms. The molecule has 0 unspecified atom stereocenters. The SMILES string of the molecule is O=C1C(=O)c2ccccc2C2=C1C=CCC2. The Morgan fingerprint density at radius 3 is 2.50 bits per heavy atom. The summed E-state index contributed by atoms with van der Waals surface area (Å²) in [7, 11) is 0. The van der Waals surface area contributed by atoms with E-state index in [0.717, 1.165) is 24.0 Å². The van der Waals surface area contributed by atoms with E-state index in [2.05, 4.69) is 0 Å². The van der Waals surface area contributed by atoms with E-state index < -0.39 is 0 Å². The van der Waals surface area contributed by atoms with Crippen LogP contribution in [0.2, 0.25) is 0 Å². The van der Waals surface area contributed by atoms with Crippen LogP contribution in [-0.4, -0.2) is 11.6 Å². The number of allylic oxidation sites excluding steroid dienone is 4. The van der Waals surface area contributed by atoms with Gasteiger partial charge in [0.05, 0.1) is 0 Å². The number of hydrogen-bond acceptors (Lipinski definition) is 2. The first-order valence-corrected chi connectivity index (χ1v) is 5.37. The summed E-state index contributed by atoms with van der Waals surface area (Å²) in [5, 5.41) is 0. The van der Waals surface area contributed by atoms with Gasteiger partial charge >= 0.3 is 0 Å². The van der Waals surface area contributed by atoms with E-state index in [-0.39, 0.29) is 11.6 Å². The molecule has 1 aromatic rings. The molecule has 0 aromatic heterocycles. The highest BCUT2D eigenvalue weighted by molar-refractivity contribution is 6.53. The number of Topliss-reactive ketones (excluding diaryl/α,β-unsaturated/α-hetero) is 2. The maximum atomic E-state index is 11.9. The largest absolute Gasteiger partial charge is 0.285 e. The van der Waals surface area contributed by atoms with Crippen molar-refractivity contribution in [2.24, 2.45) is 0 Å². The molecule has 3 rings (SSSR count). The first kappa shape index (κ1) is 9.28. The molecular formula is C14H10O2. The van der Waals surface area contributed by atoms with Gasteiger partial charge in [0.2, 0.25) is 11.6 Å². The summed E-state index contributed by atoms with van der Waals surface area (Å²) in [5.74, 6) is -0.731. The normalized spacial score (nSPS) is 18.5. The van der Waals surface area contributed by atoms with Crippen LogP contribution >= 0.6 is 0 Å². The number of benzene rings is 1. The predicted octanol–water partition coefficient (Wildman–Crippen LogP) is 2.56. The molecule has 0 atom stereocenters. The average molecular weight is 210 g/mol. The molecular weight excluding hydrogens is 200 g/mol. The number of carbonyl (C=O) groups excluding carboxylic acids is 2. The molecule has 0 saturated carbocycles. The summed E-state index contributed by atoms with van der Waals surface area (Å²) < 4.78 is 0. The van der Waals surface area contributed by atoms with Crippen LogP contribution in [0.3, 0.4) is 0 Å². The molecule has 78 valence electrons. The minimum Gasteiger partial charge on any atom is -0.285 e. The topological polar surface area (TPSA) is 34.1 Å². The van der Waals surface area contributed by atoms with Crippen molar-refractivity contribution in [2.75, 3.05) is 0 Å². The third-order valence-corrected chi connectivity index (χ3v) is 3.12. The summed E-state index contributed by atoms with van der Waals surface area (Å²) in [6, 6.07) is 7.37. The first-order valence-electron chi connectivity index (χ1n) is 5.37. The van der Waals surface area contributed by atoms with E-state index in [4.69, 9.17) is 0 Å². The zero-order valence-corrected chi connectivity index (χ0v) is 8.69. The molecule has 0 amide bonds. The molecule has 0 aliphatic heterocycles. The molecule has 0 saturated heterocycles. The van der Waals surface area contributed by atoms with E-state index in [9.17, 15) is 9.59 Å². The van der Waals surface area contributed by atoms with Crippen LogP contribution in [0, 0.1) is 0 Å². The quantitative estimate of drug-likeness (QED) is 0.617. The van der Waals surface area contributed by atoms with Crippen LogP contribution in [0.5, 0.6) is 0 Å². The van der Waals surface area contributed by atoms with Crippen molar-refractivity contribution in [2.45, 2.75) is 12.8 Å². The van der Waals surface area contributed by atoms with Crippen molar-refractivity contribution in [1.82, 2.24) is 0 Å². The summed E-state index contributed by atoms with van der Waals surface area (Å²) in [5.41, 5.74) is 3.12. The molecule has 2 heteroatoms. The Hall–Kier alpha value is -1.96. The maximum absolute atomic E-state index is 11.9. The van der Waals surface area contributed by atoms with E-state index in [0.29, 0.717) is 11.1 Å². The molecule has 2 aliphatic carbocycles.